The molecule has 2 N–H and O–H groups in total. The highest BCUT2D eigenvalue weighted by atomic mass is 19.1. The topological polar surface area (TPSA) is 82.6 Å². The quantitative estimate of drug-likeness (QED) is 0.894. The van der Waals surface area contributed by atoms with Gasteiger partial charge in [0.25, 0.3) is 0 Å². The number of aromatic amines is 1. The molecule has 0 aliphatic carbocycles. The zero-order chi connectivity index (χ0) is 17.3. The molecule has 1 aliphatic heterocycles. The van der Waals surface area contributed by atoms with Gasteiger partial charge in [-0.3, -0.25) is 9.59 Å². The van der Waals surface area contributed by atoms with E-state index in [0.717, 1.165) is 16.8 Å². The van der Waals surface area contributed by atoms with E-state index in [9.17, 15) is 14.0 Å². The van der Waals surface area contributed by atoms with Gasteiger partial charge >= 0.3 is 5.97 Å². The number of carboxylic acids is 1. The maximum Gasteiger partial charge on any atom is 0.306 e. The molecule has 24 heavy (non-hydrogen) atoms. The second kappa shape index (κ2) is 6.60. The van der Waals surface area contributed by atoms with Crippen molar-refractivity contribution < 1.29 is 23.8 Å². The number of aryl methyl sites for hydroxylation is 1. The van der Waals surface area contributed by atoms with Crippen LogP contribution in [0.15, 0.2) is 18.2 Å². The van der Waals surface area contributed by atoms with E-state index in [1.165, 1.54) is 12.1 Å². The smallest absolute Gasteiger partial charge is 0.306 e. The van der Waals surface area contributed by atoms with Gasteiger partial charge in [-0.2, -0.15) is 0 Å². The molecule has 1 saturated heterocycles. The van der Waals surface area contributed by atoms with Crippen molar-refractivity contribution in [3.63, 3.8) is 0 Å². The van der Waals surface area contributed by atoms with Crippen LogP contribution in [0.1, 0.15) is 17.7 Å². The average Bonchev–Trinajstić information content (AvgIpc) is 2.82. The van der Waals surface area contributed by atoms with E-state index >= 15 is 0 Å². The largest absolute Gasteiger partial charge is 0.481 e. The number of ether oxygens (including phenoxy) is 1. The predicted molar refractivity (Wildman–Crippen MR) is 85.3 cm³/mol. The first-order valence-electron chi connectivity index (χ1n) is 7.82. The minimum Gasteiger partial charge on any atom is -0.481 e. The minimum absolute atomic E-state index is 0.109. The maximum atomic E-state index is 13.5. The number of aliphatic carboxylic acids is 1. The molecule has 1 atom stereocenters. The molecule has 0 radical (unpaired) electrons. The van der Waals surface area contributed by atoms with Crippen LogP contribution in [0.5, 0.6) is 0 Å². The van der Waals surface area contributed by atoms with Crippen LogP contribution in [0, 0.1) is 12.7 Å². The molecule has 0 unspecified atom stereocenters. The van der Waals surface area contributed by atoms with Gasteiger partial charge in [0.05, 0.1) is 25.6 Å². The Labute approximate surface area is 138 Å². The van der Waals surface area contributed by atoms with Crippen LogP contribution in [0.25, 0.3) is 10.9 Å². The number of aromatic nitrogens is 1. The fourth-order valence-corrected chi connectivity index (χ4v) is 3.11. The van der Waals surface area contributed by atoms with E-state index in [1.54, 1.807) is 11.0 Å². The number of hydrogen-bond donors (Lipinski definition) is 2. The van der Waals surface area contributed by atoms with Gasteiger partial charge in [-0.25, -0.2) is 4.39 Å². The summed E-state index contributed by atoms with van der Waals surface area (Å²) < 4.78 is 18.9. The van der Waals surface area contributed by atoms with E-state index in [-0.39, 0.29) is 31.1 Å². The Bertz CT molecular complexity index is 786. The molecule has 0 spiro atoms. The molecule has 0 saturated carbocycles. The summed E-state index contributed by atoms with van der Waals surface area (Å²) in [7, 11) is 0. The number of morpholine rings is 1. The lowest BCUT2D eigenvalue weighted by Gasteiger charge is -2.32. The van der Waals surface area contributed by atoms with Crippen molar-refractivity contribution in [1.82, 2.24) is 9.88 Å². The number of carbonyl (C=O) groups excluding carboxylic acids is 1. The van der Waals surface area contributed by atoms with Gasteiger partial charge < -0.3 is 19.7 Å². The second-order valence-corrected chi connectivity index (χ2v) is 6.03. The summed E-state index contributed by atoms with van der Waals surface area (Å²) in [6.45, 7) is 2.88. The Hall–Kier alpha value is -2.41. The van der Waals surface area contributed by atoms with Crippen LogP contribution in [0.4, 0.5) is 4.39 Å². The lowest BCUT2D eigenvalue weighted by molar-refractivity contribution is -0.147. The minimum atomic E-state index is -0.947. The number of halogens is 1. The Kier molecular flexibility index (Phi) is 4.53. The molecular formula is C17H19FN2O4. The summed E-state index contributed by atoms with van der Waals surface area (Å²) in [6.07, 6.45) is -0.461. The highest BCUT2D eigenvalue weighted by molar-refractivity contribution is 5.90. The molecule has 128 valence electrons. The fraction of sp³-hybridized carbons (Fsp3) is 0.412. The number of benzene rings is 1. The number of fused-ring (bicyclic) bond motifs is 1. The van der Waals surface area contributed by atoms with E-state index in [2.05, 4.69) is 4.98 Å². The molecule has 1 amide bonds. The number of nitrogens with zero attached hydrogens (tertiary/aromatic N) is 1. The summed E-state index contributed by atoms with van der Waals surface area (Å²) in [5.41, 5.74) is 2.40. The van der Waals surface area contributed by atoms with E-state index in [1.807, 2.05) is 6.92 Å². The first-order valence-corrected chi connectivity index (χ1v) is 7.82. The van der Waals surface area contributed by atoms with Crippen LogP contribution in [0.2, 0.25) is 0 Å². The molecule has 3 rings (SSSR count). The Morgan fingerprint density at radius 1 is 1.46 bits per heavy atom. The Balaban J connectivity index is 1.76. The van der Waals surface area contributed by atoms with Gasteiger partial charge in [-0.05, 0) is 30.7 Å². The summed E-state index contributed by atoms with van der Waals surface area (Å²) in [4.78, 5) is 28.2. The fourth-order valence-electron chi connectivity index (χ4n) is 3.11. The summed E-state index contributed by atoms with van der Waals surface area (Å²) in [5, 5.41) is 9.56. The van der Waals surface area contributed by atoms with Gasteiger partial charge in [0.2, 0.25) is 5.91 Å². The zero-order valence-corrected chi connectivity index (χ0v) is 13.3. The monoisotopic (exact) mass is 334 g/mol. The number of H-pyrrole nitrogens is 1. The van der Waals surface area contributed by atoms with Crippen molar-refractivity contribution >= 4 is 22.8 Å². The average molecular weight is 334 g/mol. The van der Waals surface area contributed by atoms with E-state index in [4.69, 9.17) is 9.84 Å². The molecule has 6 nitrogen and oxygen atoms in total. The maximum absolute atomic E-state index is 13.5. The van der Waals surface area contributed by atoms with Crippen molar-refractivity contribution in [1.29, 1.82) is 0 Å². The molecule has 2 heterocycles. The third-order valence-corrected chi connectivity index (χ3v) is 4.30. The van der Waals surface area contributed by atoms with Crippen molar-refractivity contribution in [3.05, 3.63) is 35.3 Å². The normalized spacial score (nSPS) is 18.1. The van der Waals surface area contributed by atoms with Crippen molar-refractivity contribution in [2.45, 2.75) is 25.9 Å². The van der Waals surface area contributed by atoms with Gasteiger partial charge in [-0.15, -0.1) is 0 Å². The Morgan fingerprint density at radius 2 is 2.25 bits per heavy atom. The molecule has 2 aromatic rings. The molecule has 1 fully saturated rings. The van der Waals surface area contributed by atoms with Crippen LogP contribution in [-0.2, 0) is 20.7 Å². The van der Waals surface area contributed by atoms with Crippen molar-refractivity contribution in [2.75, 3.05) is 19.7 Å². The number of carboxylic acid groups (broad SMARTS) is 1. The lowest BCUT2D eigenvalue weighted by Crippen LogP contribution is -2.46. The van der Waals surface area contributed by atoms with Crippen LogP contribution >= 0.6 is 0 Å². The van der Waals surface area contributed by atoms with Crippen LogP contribution in [0.3, 0.4) is 0 Å². The SMILES string of the molecule is Cc1[nH]c2ccc(F)cc2c1CC(=O)N1CCO[C@H](CC(=O)O)C1. The molecule has 1 aromatic heterocycles. The van der Waals surface area contributed by atoms with Gasteiger partial charge in [-0.1, -0.05) is 0 Å². The third-order valence-electron chi connectivity index (χ3n) is 4.30. The summed E-state index contributed by atoms with van der Waals surface area (Å²) in [5.74, 6) is -1.40. The third kappa shape index (κ3) is 3.41. The van der Waals surface area contributed by atoms with E-state index in [0.29, 0.717) is 18.5 Å². The van der Waals surface area contributed by atoms with Gasteiger partial charge in [0.15, 0.2) is 0 Å². The predicted octanol–water partition coefficient (Wildman–Crippen LogP) is 1.86. The van der Waals surface area contributed by atoms with E-state index < -0.39 is 12.1 Å². The van der Waals surface area contributed by atoms with Crippen LogP contribution < -0.4 is 0 Å². The number of rotatable bonds is 4. The molecule has 1 aliphatic rings. The van der Waals surface area contributed by atoms with Gasteiger partial charge in [0, 0.05) is 29.7 Å². The zero-order valence-electron chi connectivity index (χ0n) is 13.3. The number of amides is 1. The summed E-state index contributed by atoms with van der Waals surface area (Å²) in [6, 6.07) is 4.46. The number of hydrogen-bond acceptors (Lipinski definition) is 3. The lowest BCUT2D eigenvalue weighted by atomic mass is 10.1. The highest BCUT2D eigenvalue weighted by Gasteiger charge is 2.26. The molecule has 0 bridgehead atoms. The molecule has 1 aromatic carbocycles. The highest BCUT2D eigenvalue weighted by Crippen LogP contribution is 2.24. The Morgan fingerprint density at radius 3 is 3.00 bits per heavy atom. The van der Waals surface area contributed by atoms with Gasteiger partial charge in [0.1, 0.15) is 5.82 Å². The van der Waals surface area contributed by atoms with Crippen LogP contribution in [-0.4, -0.2) is 52.7 Å². The standard InChI is InChI=1S/C17H19FN2O4/c1-10-13(14-6-11(18)2-3-15(14)19-10)8-16(21)20-4-5-24-12(9-20)7-17(22)23/h2-3,6,12,19H,4-5,7-9H2,1H3,(H,22,23)/t12-/m1/s1. The summed E-state index contributed by atoms with van der Waals surface area (Å²) >= 11 is 0. The molecular weight excluding hydrogens is 315 g/mol. The van der Waals surface area contributed by atoms with Crippen molar-refractivity contribution in [3.8, 4) is 0 Å². The number of nitrogens with one attached hydrogen (secondary N) is 1. The van der Waals surface area contributed by atoms with Crippen molar-refractivity contribution in [2.24, 2.45) is 0 Å². The second-order valence-electron chi connectivity index (χ2n) is 6.03. The number of carbonyl (C=O) groups is 2. The first-order chi connectivity index (χ1) is 11.4. The first kappa shape index (κ1) is 16.4. The molecule has 7 heteroatoms.